The first-order chi connectivity index (χ1) is 1.41. The summed E-state index contributed by atoms with van der Waals surface area (Å²) in [6, 6.07) is 0. The van der Waals surface area contributed by atoms with Gasteiger partial charge in [0.25, 0.3) is 0 Å². The number of hydrogen-bond donors (Lipinski definition) is 0. The van der Waals surface area contributed by atoms with E-state index in [-0.39, 0.29) is 11.8 Å². The zero-order valence-electron chi connectivity index (χ0n) is 2.16. The minimum Gasteiger partial charge on any atom is -0.412 e. The highest BCUT2D eigenvalue weighted by molar-refractivity contribution is 4.39. The smallest absolute Gasteiger partial charge is 0.0795 e. The summed E-state index contributed by atoms with van der Waals surface area (Å²) in [5.41, 5.74) is 0. The zero-order valence-corrected chi connectivity index (χ0v) is 2.16. The van der Waals surface area contributed by atoms with Crippen LogP contribution in [0.4, 0.5) is 4.39 Å². The Kier molecular flexibility index (Phi) is 41.6. The van der Waals surface area contributed by atoms with Crippen LogP contribution in [0, 0.1) is 0 Å². The molecule has 0 saturated carbocycles. The van der Waals surface area contributed by atoms with Gasteiger partial charge in [0.1, 0.15) is 0 Å². The third kappa shape index (κ3) is 4.73. The predicted octanol–water partition coefficient (Wildman–Crippen LogP) is 0.275. The van der Waals surface area contributed by atoms with E-state index < -0.39 is 0 Å². The summed E-state index contributed by atoms with van der Waals surface area (Å²) < 4.78 is 10.1. The van der Waals surface area contributed by atoms with Crippen molar-refractivity contribution in [2.45, 2.75) is 0 Å². The lowest BCUT2D eigenvalue weighted by atomic mass is 11.2. The summed E-state index contributed by atoms with van der Waals surface area (Å²) in [6.07, 6.45) is 0.250. The van der Waals surface area contributed by atoms with Crippen LogP contribution in [-0.4, -0.2) is 5.48 Å². The normalized spacial score (nSPS) is 3.25. The molecule has 2 heteroatoms. The summed E-state index contributed by atoms with van der Waals surface area (Å²) in [5.74, 6) is 0. The summed E-state index contributed by atoms with van der Waals surface area (Å²) >= 11 is 0. The highest BCUT2D eigenvalue weighted by Gasteiger charge is 1.19. The molecule has 2 N–H and O–H groups in total. The molecule has 0 aliphatic rings. The van der Waals surface area contributed by atoms with Crippen molar-refractivity contribution in [3.05, 3.63) is 12.9 Å². The summed E-state index contributed by atoms with van der Waals surface area (Å²) in [6.45, 7) is 2.69. The first kappa shape index (κ1) is 9.45. The van der Waals surface area contributed by atoms with E-state index in [0.717, 1.165) is 0 Å². The van der Waals surface area contributed by atoms with Crippen LogP contribution >= 0.6 is 0 Å². The highest BCUT2D eigenvalue weighted by atomic mass is 19.1. The summed E-state index contributed by atoms with van der Waals surface area (Å²) in [7, 11) is 0. The second-order valence-corrected chi connectivity index (χ2v) is 0.154. The van der Waals surface area contributed by atoms with Gasteiger partial charge in [0.15, 0.2) is 0 Å². The lowest BCUT2D eigenvalue weighted by Gasteiger charge is -1.28. The number of hydrogen-bond acceptors (Lipinski definition) is 0. The Morgan fingerprint density at radius 1 is 1.75 bits per heavy atom. The van der Waals surface area contributed by atoms with Gasteiger partial charge in [-0.3, -0.25) is 0 Å². The van der Waals surface area contributed by atoms with Crippen LogP contribution in [0.3, 0.4) is 0 Å². The van der Waals surface area contributed by atoms with Crippen molar-refractivity contribution < 1.29 is 9.87 Å². The Morgan fingerprint density at radius 2 is 1.75 bits per heavy atom. The Labute approximate surface area is 24.1 Å². The predicted molar refractivity (Wildman–Crippen MR) is 14.9 cm³/mol. The molecule has 0 amide bonds. The fraction of sp³-hybridized carbons (Fsp3) is 0. The molecule has 0 bridgehead atoms. The highest BCUT2D eigenvalue weighted by Crippen LogP contribution is 1.48. The van der Waals surface area contributed by atoms with E-state index in [0.29, 0.717) is 0 Å². The van der Waals surface area contributed by atoms with Crippen molar-refractivity contribution in [1.29, 1.82) is 0 Å². The molecule has 0 heterocycles. The SMILES string of the molecule is C=CF.O. The third-order valence-corrected chi connectivity index (χ3v) is 0. The van der Waals surface area contributed by atoms with Crippen molar-refractivity contribution in [3.8, 4) is 0 Å². The van der Waals surface area contributed by atoms with Gasteiger partial charge in [0.05, 0.1) is 6.33 Å². The lowest BCUT2D eigenvalue weighted by molar-refractivity contribution is 0.725. The fourth-order valence-electron chi connectivity index (χ4n) is 0. The van der Waals surface area contributed by atoms with E-state index in [2.05, 4.69) is 6.58 Å². The first-order valence-corrected chi connectivity index (χ1v) is 0.626. The molecule has 0 atom stereocenters. The first-order valence-electron chi connectivity index (χ1n) is 0.626. The number of rotatable bonds is 0. The quantitative estimate of drug-likeness (QED) is 0.387. The van der Waals surface area contributed by atoms with E-state index in [1.807, 2.05) is 0 Å². The van der Waals surface area contributed by atoms with Crippen LogP contribution in [0.1, 0.15) is 0 Å². The molecule has 0 rings (SSSR count). The molecule has 0 aliphatic carbocycles. The molecular formula is C2H5FO. The van der Waals surface area contributed by atoms with E-state index in [9.17, 15) is 4.39 Å². The van der Waals surface area contributed by atoms with Crippen LogP contribution < -0.4 is 0 Å². The largest absolute Gasteiger partial charge is 0.412 e. The Bertz CT molecular complexity index is 13.5. The van der Waals surface area contributed by atoms with Gasteiger partial charge in [0.2, 0.25) is 0 Å². The minimum absolute atomic E-state index is 0. The van der Waals surface area contributed by atoms with Gasteiger partial charge in [0, 0.05) is 0 Å². The van der Waals surface area contributed by atoms with E-state index in [1.54, 1.807) is 0 Å². The van der Waals surface area contributed by atoms with Gasteiger partial charge >= 0.3 is 0 Å². The van der Waals surface area contributed by atoms with Gasteiger partial charge in [-0.15, -0.1) is 0 Å². The van der Waals surface area contributed by atoms with Crippen molar-refractivity contribution in [3.63, 3.8) is 0 Å². The average molecular weight is 64.1 g/mol. The van der Waals surface area contributed by atoms with Crippen molar-refractivity contribution in [2.75, 3.05) is 0 Å². The van der Waals surface area contributed by atoms with E-state index in [1.165, 1.54) is 0 Å². The van der Waals surface area contributed by atoms with Gasteiger partial charge in [-0.1, -0.05) is 6.58 Å². The summed E-state index contributed by atoms with van der Waals surface area (Å²) in [4.78, 5) is 0. The van der Waals surface area contributed by atoms with Crippen LogP contribution in [0.2, 0.25) is 0 Å². The Morgan fingerprint density at radius 3 is 1.75 bits per heavy atom. The molecule has 0 aromatic carbocycles. The molecule has 0 fully saturated rings. The fourth-order valence-corrected chi connectivity index (χ4v) is 0. The monoisotopic (exact) mass is 64.0 g/mol. The van der Waals surface area contributed by atoms with E-state index >= 15 is 0 Å². The van der Waals surface area contributed by atoms with Crippen molar-refractivity contribution >= 4 is 0 Å². The van der Waals surface area contributed by atoms with E-state index in [4.69, 9.17) is 0 Å². The van der Waals surface area contributed by atoms with Crippen molar-refractivity contribution in [2.24, 2.45) is 0 Å². The molecule has 0 aliphatic heterocycles. The molecule has 0 unspecified atom stereocenters. The van der Waals surface area contributed by atoms with Gasteiger partial charge < -0.3 is 5.48 Å². The Balaban J connectivity index is 0. The molecule has 0 aromatic rings. The number of halogens is 1. The van der Waals surface area contributed by atoms with Gasteiger partial charge in [-0.2, -0.15) is 0 Å². The maximum Gasteiger partial charge on any atom is 0.0795 e. The zero-order chi connectivity index (χ0) is 2.71. The second kappa shape index (κ2) is 17.6. The Hall–Kier alpha value is -0.370. The summed E-state index contributed by atoms with van der Waals surface area (Å²) in [5, 5.41) is 0. The second-order valence-electron chi connectivity index (χ2n) is 0.154. The topological polar surface area (TPSA) is 31.5 Å². The maximum atomic E-state index is 10.1. The molecular weight excluding hydrogens is 59.0 g/mol. The molecule has 4 heavy (non-hydrogen) atoms. The average Bonchev–Trinajstić information content (AvgIpc) is 0.918. The van der Waals surface area contributed by atoms with Gasteiger partial charge in [-0.05, 0) is 0 Å². The third-order valence-electron chi connectivity index (χ3n) is 0. The molecule has 0 aromatic heterocycles. The van der Waals surface area contributed by atoms with Crippen molar-refractivity contribution in [1.82, 2.24) is 0 Å². The van der Waals surface area contributed by atoms with Crippen LogP contribution in [0.15, 0.2) is 12.9 Å². The lowest BCUT2D eigenvalue weighted by Crippen LogP contribution is -0.990. The van der Waals surface area contributed by atoms with Crippen LogP contribution in [0.5, 0.6) is 0 Å². The minimum atomic E-state index is 0. The van der Waals surface area contributed by atoms with Gasteiger partial charge in [-0.25, -0.2) is 4.39 Å². The maximum absolute atomic E-state index is 10.1. The standard InChI is InChI=1S/C2H3F.H2O/c1-2-3;/h2H,1H2;1H2. The molecule has 1 nitrogen and oxygen atoms in total. The molecule has 0 spiro atoms. The molecule has 0 radical (unpaired) electrons. The van der Waals surface area contributed by atoms with Crippen LogP contribution in [-0.2, 0) is 0 Å². The molecule has 26 valence electrons. The van der Waals surface area contributed by atoms with Crippen LogP contribution in [0.25, 0.3) is 0 Å². The molecule has 0 saturated heterocycles.